The van der Waals surface area contributed by atoms with Crippen molar-refractivity contribution >= 4 is 10.0 Å². The van der Waals surface area contributed by atoms with Crippen molar-refractivity contribution in [3.63, 3.8) is 0 Å². The van der Waals surface area contributed by atoms with E-state index in [0.29, 0.717) is 6.07 Å². The van der Waals surface area contributed by atoms with Crippen LogP contribution in [0.4, 0.5) is 8.78 Å². The molecule has 6 heteroatoms. The Hall–Kier alpha value is -1.01. The predicted molar refractivity (Wildman–Crippen MR) is 47.9 cm³/mol. The van der Waals surface area contributed by atoms with Crippen LogP contribution in [0.25, 0.3) is 0 Å². The maximum atomic E-state index is 12.7. The summed E-state index contributed by atoms with van der Waals surface area (Å²) < 4.78 is 47.2. The normalized spacial score (nSPS) is 14.0. The summed E-state index contributed by atoms with van der Waals surface area (Å²) in [7, 11) is -3.82. The molecule has 0 spiro atoms. The highest BCUT2D eigenvalue weighted by Crippen LogP contribution is 2.21. The number of primary sulfonamides is 1. The molecule has 0 aliphatic carbocycles. The topological polar surface area (TPSA) is 60.2 Å². The molecule has 0 saturated heterocycles. The van der Waals surface area contributed by atoms with Crippen molar-refractivity contribution in [2.75, 3.05) is 0 Å². The van der Waals surface area contributed by atoms with Crippen LogP contribution < -0.4 is 5.14 Å². The van der Waals surface area contributed by atoms with Crippen molar-refractivity contribution in [3.05, 3.63) is 35.4 Å². The molecule has 0 fully saturated rings. The zero-order valence-corrected chi connectivity index (χ0v) is 8.18. The number of nitrogens with two attached hydrogens (primary N) is 1. The van der Waals surface area contributed by atoms with Crippen LogP contribution in [0.2, 0.25) is 0 Å². The van der Waals surface area contributed by atoms with Gasteiger partial charge in [-0.2, -0.15) is 0 Å². The van der Waals surface area contributed by atoms with Gasteiger partial charge >= 0.3 is 0 Å². The van der Waals surface area contributed by atoms with E-state index in [-0.39, 0.29) is 5.56 Å². The molecule has 1 aromatic rings. The quantitative estimate of drug-likeness (QED) is 0.818. The van der Waals surface area contributed by atoms with Crippen LogP contribution >= 0.6 is 0 Å². The van der Waals surface area contributed by atoms with Gasteiger partial charge in [-0.15, -0.1) is 0 Å². The van der Waals surface area contributed by atoms with Gasteiger partial charge in [-0.25, -0.2) is 22.3 Å². The third kappa shape index (κ3) is 2.49. The van der Waals surface area contributed by atoms with E-state index in [1.54, 1.807) is 0 Å². The minimum Gasteiger partial charge on any atom is -0.228 e. The highest BCUT2D eigenvalue weighted by Gasteiger charge is 2.19. The molecule has 1 atom stereocenters. The monoisotopic (exact) mass is 221 g/mol. The van der Waals surface area contributed by atoms with Crippen molar-refractivity contribution in [2.45, 2.75) is 12.2 Å². The standard InChI is InChI=1S/C8H9F2NO2S/c1-5(14(11,12)13)6-2-7(9)4-8(10)3-6/h2-5H,1H3,(H2,11,12,13). The third-order valence-corrected chi connectivity index (χ3v) is 3.10. The lowest BCUT2D eigenvalue weighted by Crippen LogP contribution is -2.19. The lowest BCUT2D eigenvalue weighted by atomic mass is 10.1. The fourth-order valence-electron chi connectivity index (χ4n) is 1.000. The Bertz CT molecular complexity index is 424. The maximum Gasteiger partial charge on any atom is 0.215 e. The number of benzene rings is 1. The zero-order chi connectivity index (χ0) is 10.9. The smallest absolute Gasteiger partial charge is 0.215 e. The van der Waals surface area contributed by atoms with E-state index in [2.05, 4.69) is 0 Å². The Balaban J connectivity index is 3.20. The molecule has 0 aliphatic rings. The van der Waals surface area contributed by atoms with Gasteiger partial charge in [0.15, 0.2) is 0 Å². The lowest BCUT2D eigenvalue weighted by molar-refractivity contribution is 0.574. The maximum absolute atomic E-state index is 12.7. The number of hydrogen-bond acceptors (Lipinski definition) is 2. The van der Waals surface area contributed by atoms with E-state index in [9.17, 15) is 17.2 Å². The van der Waals surface area contributed by atoms with Crippen molar-refractivity contribution in [2.24, 2.45) is 5.14 Å². The highest BCUT2D eigenvalue weighted by molar-refractivity contribution is 7.89. The summed E-state index contributed by atoms with van der Waals surface area (Å²) in [6.07, 6.45) is 0. The third-order valence-electron chi connectivity index (χ3n) is 1.85. The van der Waals surface area contributed by atoms with E-state index < -0.39 is 26.9 Å². The van der Waals surface area contributed by atoms with Gasteiger partial charge < -0.3 is 0 Å². The Kier molecular flexibility index (Phi) is 2.86. The van der Waals surface area contributed by atoms with E-state index in [4.69, 9.17) is 5.14 Å². The molecule has 78 valence electrons. The summed E-state index contributed by atoms with van der Waals surface area (Å²) in [5.41, 5.74) is 0.00463. The summed E-state index contributed by atoms with van der Waals surface area (Å²) in [5, 5.41) is 3.72. The predicted octanol–water partition coefficient (Wildman–Crippen LogP) is 1.31. The first-order valence-corrected chi connectivity index (χ1v) is 5.39. The minimum atomic E-state index is -3.82. The molecular formula is C8H9F2NO2S. The van der Waals surface area contributed by atoms with E-state index in [0.717, 1.165) is 12.1 Å². The van der Waals surface area contributed by atoms with Gasteiger partial charge in [0.05, 0.1) is 5.25 Å². The van der Waals surface area contributed by atoms with Crippen LogP contribution in [-0.4, -0.2) is 8.42 Å². The van der Waals surface area contributed by atoms with Crippen LogP contribution in [0.5, 0.6) is 0 Å². The summed E-state index contributed by atoms with van der Waals surface area (Å²) in [5.74, 6) is -1.65. The molecule has 1 unspecified atom stereocenters. The lowest BCUT2D eigenvalue weighted by Gasteiger charge is -2.09. The van der Waals surface area contributed by atoms with E-state index >= 15 is 0 Å². The first-order chi connectivity index (χ1) is 6.30. The number of hydrogen-bond donors (Lipinski definition) is 1. The number of halogens is 2. The largest absolute Gasteiger partial charge is 0.228 e. The van der Waals surface area contributed by atoms with Crippen molar-refractivity contribution in [1.82, 2.24) is 0 Å². The Morgan fingerprint density at radius 1 is 1.21 bits per heavy atom. The van der Waals surface area contributed by atoms with E-state index in [1.165, 1.54) is 6.92 Å². The van der Waals surface area contributed by atoms with Gasteiger partial charge in [0.1, 0.15) is 11.6 Å². The zero-order valence-electron chi connectivity index (χ0n) is 7.37. The second-order valence-corrected chi connectivity index (χ2v) is 4.82. The average molecular weight is 221 g/mol. The minimum absolute atomic E-state index is 0.00463. The van der Waals surface area contributed by atoms with Crippen LogP contribution in [0.1, 0.15) is 17.7 Å². The second-order valence-electron chi connectivity index (χ2n) is 2.93. The summed E-state index contributed by atoms with van der Waals surface area (Å²) in [6.45, 7) is 1.27. The highest BCUT2D eigenvalue weighted by atomic mass is 32.2. The average Bonchev–Trinajstić information content (AvgIpc) is 1.99. The summed E-state index contributed by atoms with van der Waals surface area (Å²) >= 11 is 0. The molecule has 0 aromatic heterocycles. The first-order valence-electron chi connectivity index (χ1n) is 3.78. The molecule has 0 bridgehead atoms. The van der Waals surface area contributed by atoms with Crippen molar-refractivity contribution < 1.29 is 17.2 Å². The Morgan fingerprint density at radius 3 is 2.00 bits per heavy atom. The summed E-state index contributed by atoms with van der Waals surface area (Å²) in [6, 6.07) is 2.55. The van der Waals surface area contributed by atoms with Gasteiger partial charge in [0, 0.05) is 6.07 Å². The molecule has 0 radical (unpaired) electrons. The second kappa shape index (κ2) is 3.62. The first kappa shape index (κ1) is 11.1. The molecule has 0 heterocycles. The van der Waals surface area contributed by atoms with Crippen LogP contribution in [0.3, 0.4) is 0 Å². The molecule has 1 aromatic carbocycles. The molecule has 14 heavy (non-hydrogen) atoms. The van der Waals surface area contributed by atoms with Gasteiger partial charge in [-0.3, -0.25) is 0 Å². The van der Waals surface area contributed by atoms with Crippen molar-refractivity contribution in [3.8, 4) is 0 Å². The number of rotatable bonds is 2. The molecule has 0 aliphatic heterocycles. The molecular weight excluding hydrogens is 212 g/mol. The molecule has 0 amide bonds. The van der Waals surface area contributed by atoms with E-state index in [1.807, 2.05) is 0 Å². The van der Waals surface area contributed by atoms with Crippen LogP contribution in [0.15, 0.2) is 18.2 Å². The van der Waals surface area contributed by atoms with Crippen molar-refractivity contribution in [1.29, 1.82) is 0 Å². The van der Waals surface area contributed by atoms with Crippen LogP contribution in [0, 0.1) is 11.6 Å². The molecule has 0 saturated carbocycles. The van der Waals surface area contributed by atoms with Gasteiger partial charge in [-0.1, -0.05) is 0 Å². The van der Waals surface area contributed by atoms with Crippen LogP contribution in [-0.2, 0) is 10.0 Å². The fraction of sp³-hybridized carbons (Fsp3) is 0.250. The van der Waals surface area contributed by atoms with Gasteiger partial charge in [0.25, 0.3) is 0 Å². The SMILES string of the molecule is CC(c1cc(F)cc(F)c1)S(N)(=O)=O. The fourth-order valence-corrected chi connectivity index (χ4v) is 1.51. The Labute approximate surface area is 80.6 Å². The van der Waals surface area contributed by atoms with Gasteiger partial charge in [0.2, 0.25) is 10.0 Å². The molecule has 1 rings (SSSR count). The van der Waals surface area contributed by atoms with Gasteiger partial charge in [-0.05, 0) is 24.6 Å². The molecule has 3 nitrogen and oxygen atoms in total. The number of sulfonamides is 1. The molecule has 2 N–H and O–H groups in total. The Morgan fingerprint density at radius 2 is 1.64 bits per heavy atom. The summed E-state index contributed by atoms with van der Waals surface area (Å²) in [4.78, 5) is 0.